The Balaban J connectivity index is 0. The van der Waals surface area contributed by atoms with Crippen LogP contribution in [-0.4, -0.2) is 28.2 Å². The monoisotopic (exact) mass is 345 g/mol. The summed E-state index contributed by atoms with van der Waals surface area (Å²) in [6.07, 6.45) is 17.3. The van der Waals surface area contributed by atoms with Crippen LogP contribution in [0.3, 0.4) is 0 Å². The van der Waals surface area contributed by atoms with Crippen molar-refractivity contribution in [3.05, 3.63) is 0 Å². The summed E-state index contributed by atoms with van der Waals surface area (Å²) < 4.78 is 0. The molecule has 24 heavy (non-hydrogen) atoms. The van der Waals surface area contributed by atoms with Crippen LogP contribution >= 0.6 is 0 Å². The van der Waals surface area contributed by atoms with Gasteiger partial charge in [-0.1, -0.05) is 84.0 Å². The summed E-state index contributed by atoms with van der Waals surface area (Å²) in [6, 6.07) is -0.731. The van der Waals surface area contributed by atoms with Crippen molar-refractivity contribution >= 4 is 11.9 Å². The van der Waals surface area contributed by atoms with E-state index in [2.05, 4.69) is 6.92 Å². The number of aliphatic carboxylic acids is 2. The minimum Gasteiger partial charge on any atom is -0.481 e. The predicted octanol–water partition coefficient (Wildman–Crippen LogP) is 4.97. The molecule has 0 heterocycles. The summed E-state index contributed by atoms with van der Waals surface area (Å²) in [6.45, 7) is 3.68. The summed E-state index contributed by atoms with van der Waals surface area (Å²) in [5.41, 5.74) is 4.84. The van der Waals surface area contributed by atoms with Crippen molar-refractivity contribution in [2.24, 2.45) is 5.73 Å². The summed E-state index contributed by atoms with van der Waals surface area (Å²) in [7, 11) is 0. The second kappa shape index (κ2) is 19.9. The average molecular weight is 346 g/mol. The van der Waals surface area contributed by atoms with E-state index in [4.69, 9.17) is 15.9 Å². The molecule has 0 bridgehead atoms. The first-order valence-electron chi connectivity index (χ1n) is 9.62. The highest BCUT2D eigenvalue weighted by atomic mass is 16.4. The van der Waals surface area contributed by atoms with E-state index in [-0.39, 0.29) is 0 Å². The van der Waals surface area contributed by atoms with Gasteiger partial charge in [-0.05, 0) is 13.3 Å². The van der Waals surface area contributed by atoms with Crippen molar-refractivity contribution < 1.29 is 19.8 Å². The fourth-order valence-corrected chi connectivity index (χ4v) is 2.29. The molecule has 0 amide bonds. The van der Waals surface area contributed by atoms with E-state index < -0.39 is 18.0 Å². The number of hydrogen-bond acceptors (Lipinski definition) is 3. The highest BCUT2D eigenvalue weighted by Gasteiger charge is 1.99. The molecule has 0 aromatic carbocycles. The van der Waals surface area contributed by atoms with Gasteiger partial charge in [0.2, 0.25) is 0 Å². The first-order valence-corrected chi connectivity index (χ1v) is 9.62. The third kappa shape index (κ3) is 25.8. The van der Waals surface area contributed by atoms with Crippen molar-refractivity contribution in [3.63, 3.8) is 0 Å². The maximum atomic E-state index is 10.3. The first-order chi connectivity index (χ1) is 11.4. The third-order valence-electron chi connectivity index (χ3n) is 3.88. The van der Waals surface area contributed by atoms with Gasteiger partial charge in [-0.3, -0.25) is 9.59 Å². The lowest BCUT2D eigenvalue weighted by Gasteiger charge is -2.02. The highest BCUT2D eigenvalue weighted by molar-refractivity contribution is 5.72. The molecular formula is C19H39NO4. The third-order valence-corrected chi connectivity index (χ3v) is 3.88. The molecule has 0 aliphatic heterocycles. The maximum absolute atomic E-state index is 10.3. The van der Waals surface area contributed by atoms with Crippen LogP contribution in [0.15, 0.2) is 0 Å². The van der Waals surface area contributed by atoms with Gasteiger partial charge in [0, 0.05) is 6.42 Å². The lowest BCUT2D eigenvalue weighted by atomic mass is 10.0. The van der Waals surface area contributed by atoms with Crippen molar-refractivity contribution in [1.29, 1.82) is 0 Å². The fourth-order valence-electron chi connectivity index (χ4n) is 2.29. The Morgan fingerprint density at radius 3 is 1.29 bits per heavy atom. The van der Waals surface area contributed by atoms with Crippen LogP contribution in [0.5, 0.6) is 0 Å². The molecule has 5 heteroatoms. The molecule has 0 saturated carbocycles. The minimum atomic E-state index is -0.963. The van der Waals surface area contributed by atoms with Gasteiger partial charge in [0.15, 0.2) is 0 Å². The van der Waals surface area contributed by atoms with Gasteiger partial charge in [-0.2, -0.15) is 0 Å². The quantitative estimate of drug-likeness (QED) is 0.364. The Bertz CT molecular complexity index is 293. The molecule has 0 spiro atoms. The Morgan fingerprint density at radius 2 is 1.04 bits per heavy atom. The maximum Gasteiger partial charge on any atom is 0.320 e. The van der Waals surface area contributed by atoms with Crippen LogP contribution in [0.25, 0.3) is 0 Å². The van der Waals surface area contributed by atoms with Crippen LogP contribution in [0.2, 0.25) is 0 Å². The van der Waals surface area contributed by atoms with Gasteiger partial charge in [0.05, 0.1) is 0 Å². The average Bonchev–Trinajstić information content (AvgIpc) is 2.52. The Morgan fingerprint density at radius 1 is 0.750 bits per heavy atom. The first kappa shape index (κ1) is 25.1. The molecule has 4 N–H and O–H groups in total. The summed E-state index contributed by atoms with van der Waals surface area (Å²) in [5.74, 6) is -1.62. The molecule has 0 rings (SSSR count). The molecule has 1 unspecified atom stereocenters. The molecule has 5 nitrogen and oxygen atoms in total. The van der Waals surface area contributed by atoms with Crippen molar-refractivity contribution in [2.75, 3.05) is 0 Å². The Kier molecular flexibility index (Phi) is 20.9. The van der Waals surface area contributed by atoms with E-state index in [1.165, 1.54) is 77.6 Å². The van der Waals surface area contributed by atoms with Crippen molar-refractivity contribution in [1.82, 2.24) is 0 Å². The smallest absolute Gasteiger partial charge is 0.320 e. The number of unbranched alkanes of at least 4 members (excludes halogenated alkanes) is 12. The second-order valence-electron chi connectivity index (χ2n) is 6.51. The predicted molar refractivity (Wildman–Crippen MR) is 99.2 cm³/mol. The Labute approximate surface area is 148 Å². The zero-order valence-electron chi connectivity index (χ0n) is 15.8. The zero-order valence-corrected chi connectivity index (χ0v) is 15.8. The SMILES string of the molecule is CC(N)C(=O)O.CCCCCCCCCCCCCCCC(=O)O. The molecule has 0 aromatic rings. The van der Waals surface area contributed by atoms with Crippen molar-refractivity contribution in [3.8, 4) is 0 Å². The van der Waals surface area contributed by atoms with Crippen LogP contribution in [0, 0.1) is 0 Å². The van der Waals surface area contributed by atoms with E-state index in [0.29, 0.717) is 6.42 Å². The number of hydrogen-bond donors (Lipinski definition) is 3. The number of carbonyl (C=O) groups is 2. The number of rotatable bonds is 15. The molecule has 0 radical (unpaired) electrons. The van der Waals surface area contributed by atoms with E-state index in [9.17, 15) is 9.59 Å². The lowest BCUT2D eigenvalue weighted by molar-refractivity contribution is -0.138. The van der Waals surface area contributed by atoms with Crippen LogP contribution in [0.1, 0.15) is 104 Å². The van der Waals surface area contributed by atoms with Gasteiger partial charge in [-0.25, -0.2) is 0 Å². The van der Waals surface area contributed by atoms with E-state index in [1.54, 1.807) is 0 Å². The molecule has 0 saturated heterocycles. The van der Waals surface area contributed by atoms with E-state index >= 15 is 0 Å². The molecule has 1 atom stereocenters. The normalized spacial score (nSPS) is 11.5. The van der Waals surface area contributed by atoms with E-state index in [0.717, 1.165) is 12.8 Å². The second-order valence-corrected chi connectivity index (χ2v) is 6.51. The molecule has 0 aliphatic carbocycles. The lowest BCUT2D eigenvalue weighted by Crippen LogP contribution is -2.25. The topological polar surface area (TPSA) is 101 Å². The van der Waals surface area contributed by atoms with E-state index in [1.807, 2.05) is 0 Å². The van der Waals surface area contributed by atoms with Crippen LogP contribution in [0.4, 0.5) is 0 Å². The number of carboxylic acid groups (broad SMARTS) is 2. The number of nitrogens with two attached hydrogens (primary N) is 1. The van der Waals surface area contributed by atoms with Crippen molar-refractivity contribution in [2.45, 2.75) is 110 Å². The highest BCUT2D eigenvalue weighted by Crippen LogP contribution is 2.12. The molecular weight excluding hydrogens is 306 g/mol. The summed E-state index contributed by atoms with van der Waals surface area (Å²) in [4.78, 5) is 19.9. The fraction of sp³-hybridized carbons (Fsp3) is 0.895. The Hall–Kier alpha value is -1.10. The standard InChI is InChI=1S/C16H32O2.C3H7NO2/c1-2-3-4-5-6-7-8-9-10-11-12-13-14-15-16(17)18;1-2(4)3(5)6/h2-15H2,1H3,(H,17,18);2H,4H2,1H3,(H,5,6). The van der Waals surface area contributed by atoms with Gasteiger partial charge < -0.3 is 15.9 Å². The number of carboxylic acids is 2. The summed E-state index contributed by atoms with van der Waals surface area (Å²) >= 11 is 0. The molecule has 0 aromatic heterocycles. The van der Waals surface area contributed by atoms with Gasteiger partial charge in [-0.15, -0.1) is 0 Å². The molecule has 144 valence electrons. The minimum absolute atomic E-state index is 0.345. The molecule has 0 aliphatic rings. The van der Waals surface area contributed by atoms with Gasteiger partial charge in [0.1, 0.15) is 6.04 Å². The van der Waals surface area contributed by atoms with Crippen LogP contribution in [-0.2, 0) is 9.59 Å². The van der Waals surface area contributed by atoms with Crippen LogP contribution < -0.4 is 5.73 Å². The van der Waals surface area contributed by atoms with Gasteiger partial charge >= 0.3 is 11.9 Å². The van der Waals surface area contributed by atoms with Gasteiger partial charge in [0.25, 0.3) is 0 Å². The largest absolute Gasteiger partial charge is 0.481 e. The molecule has 0 fully saturated rings. The zero-order chi connectivity index (χ0) is 18.6. The summed E-state index contributed by atoms with van der Waals surface area (Å²) in [5, 5.41) is 16.4.